The van der Waals surface area contributed by atoms with E-state index in [4.69, 9.17) is 4.98 Å². The Morgan fingerprint density at radius 1 is 1.21 bits per heavy atom. The lowest BCUT2D eigenvalue weighted by molar-refractivity contribution is 0.598. The van der Waals surface area contributed by atoms with E-state index in [1.54, 1.807) is 6.20 Å². The van der Waals surface area contributed by atoms with Crippen LogP contribution < -0.4 is 5.32 Å². The highest BCUT2D eigenvalue weighted by molar-refractivity contribution is 5.67. The molecule has 2 N–H and O–H groups in total. The van der Waals surface area contributed by atoms with Gasteiger partial charge in [-0.1, -0.05) is 13.8 Å². The Hall–Kier alpha value is -3.29. The van der Waals surface area contributed by atoms with Crippen molar-refractivity contribution in [2.24, 2.45) is 0 Å². The number of rotatable bonds is 4. The Bertz CT molecular complexity index is 1180. The van der Waals surface area contributed by atoms with E-state index < -0.39 is 0 Å². The molecule has 0 aliphatic heterocycles. The molecule has 0 aromatic carbocycles. The number of nitrogens with zero attached hydrogens (tertiary/aromatic N) is 5. The van der Waals surface area contributed by atoms with E-state index in [0.29, 0.717) is 11.3 Å². The maximum Gasteiger partial charge on any atom is 0.161 e. The number of fused-ring (bicyclic) bond motifs is 2. The topological polar surface area (TPSA) is 83.8 Å². The SMILES string of the molecule is CC(C)c1cnn2c(N[C@@H]3CCc4cn[nH]c4C3)cc(-c3cncc(F)c3)nc12. The first-order chi connectivity index (χ1) is 14.1. The van der Waals surface area contributed by atoms with Crippen LogP contribution in [0.4, 0.5) is 10.2 Å². The molecule has 0 unspecified atom stereocenters. The van der Waals surface area contributed by atoms with Crippen molar-refractivity contribution in [1.29, 1.82) is 0 Å². The summed E-state index contributed by atoms with van der Waals surface area (Å²) < 4.78 is 15.6. The van der Waals surface area contributed by atoms with Crippen LogP contribution in [0.3, 0.4) is 0 Å². The third kappa shape index (κ3) is 3.24. The average Bonchev–Trinajstić information content (AvgIpc) is 3.34. The number of H-pyrrole nitrogens is 1. The Morgan fingerprint density at radius 3 is 2.93 bits per heavy atom. The van der Waals surface area contributed by atoms with E-state index in [1.807, 2.05) is 23.0 Å². The summed E-state index contributed by atoms with van der Waals surface area (Å²) in [5.41, 5.74) is 5.62. The molecule has 148 valence electrons. The average molecular weight is 391 g/mol. The zero-order valence-electron chi connectivity index (χ0n) is 16.4. The summed E-state index contributed by atoms with van der Waals surface area (Å²) in [7, 11) is 0. The molecular weight excluding hydrogens is 369 g/mol. The molecule has 29 heavy (non-hydrogen) atoms. The van der Waals surface area contributed by atoms with Crippen molar-refractivity contribution in [3.8, 4) is 11.3 Å². The van der Waals surface area contributed by atoms with Gasteiger partial charge in [0.25, 0.3) is 0 Å². The van der Waals surface area contributed by atoms with Crippen molar-refractivity contribution in [3.05, 3.63) is 59.6 Å². The van der Waals surface area contributed by atoms with Crippen molar-refractivity contribution in [2.45, 2.75) is 45.1 Å². The quantitative estimate of drug-likeness (QED) is 0.554. The van der Waals surface area contributed by atoms with E-state index >= 15 is 0 Å². The van der Waals surface area contributed by atoms with Gasteiger partial charge < -0.3 is 5.32 Å². The molecule has 4 aromatic rings. The van der Waals surface area contributed by atoms with Crippen LogP contribution in [0.2, 0.25) is 0 Å². The predicted octanol–water partition coefficient (Wildman–Crippen LogP) is 3.75. The van der Waals surface area contributed by atoms with Gasteiger partial charge in [0.05, 0.1) is 24.3 Å². The van der Waals surface area contributed by atoms with E-state index in [9.17, 15) is 4.39 Å². The van der Waals surface area contributed by atoms with Crippen LogP contribution in [0.5, 0.6) is 0 Å². The van der Waals surface area contributed by atoms with Gasteiger partial charge in [-0.3, -0.25) is 10.1 Å². The van der Waals surface area contributed by atoms with Gasteiger partial charge in [-0.15, -0.1) is 0 Å². The monoisotopic (exact) mass is 391 g/mol. The minimum atomic E-state index is -0.379. The summed E-state index contributed by atoms with van der Waals surface area (Å²) in [5, 5.41) is 15.5. The van der Waals surface area contributed by atoms with Crippen LogP contribution >= 0.6 is 0 Å². The number of pyridine rings is 1. The first kappa shape index (κ1) is 17.8. The van der Waals surface area contributed by atoms with Gasteiger partial charge in [-0.25, -0.2) is 9.37 Å². The maximum absolute atomic E-state index is 13.8. The molecule has 0 saturated heterocycles. The fourth-order valence-corrected chi connectivity index (χ4v) is 3.93. The van der Waals surface area contributed by atoms with Crippen molar-refractivity contribution in [1.82, 2.24) is 29.8 Å². The second-order valence-electron chi connectivity index (χ2n) is 7.87. The highest BCUT2D eigenvalue weighted by Crippen LogP contribution is 2.28. The summed E-state index contributed by atoms with van der Waals surface area (Å²) in [5.74, 6) is 0.737. The normalized spacial score (nSPS) is 16.3. The van der Waals surface area contributed by atoms with Gasteiger partial charge in [0.1, 0.15) is 11.6 Å². The standard InChI is InChI=1S/C21H22FN7/c1-12(2)17-11-25-29-20(26-16-4-3-13-9-24-28-19(13)6-16)7-18(27-21(17)29)14-5-15(22)10-23-8-14/h5,7-12,16,26H,3-4,6H2,1-2H3,(H,24,28)/t16-/m1/s1. The van der Waals surface area contributed by atoms with Crippen molar-refractivity contribution in [3.63, 3.8) is 0 Å². The molecular formula is C21H22FN7. The molecule has 5 rings (SSSR count). The number of nitrogens with one attached hydrogen (secondary N) is 2. The number of anilines is 1. The molecule has 1 aliphatic carbocycles. The number of aryl methyl sites for hydroxylation is 1. The highest BCUT2D eigenvalue weighted by atomic mass is 19.1. The fourth-order valence-electron chi connectivity index (χ4n) is 3.93. The van der Waals surface area contributed by atoms with Gasteiger partial charge in [0.15, 0.2) is 5.65 Å². The second kappa shape index (κ2) is 6.95. The van der Waals surface area contributed by atoms with Crippen LogP contribution in [0.1, 0.15) is 43.0 Å². The maximum atomic E-state index is 13.8. The van der Waals surface area contributed by atoms with Crippen LogP contribution in [0.25, 0.3) is 16.9 Å². The minimum Gasteiger partial charge on any atom is -0.367 e. The van der Waals surface area contributed by atoms with Crippen molar-refractivity contribution >= 4 is 11.5 Å². The molecule has 0 spiro atoms. The number of hydrogen-bond donors (Lipinski definition) is 2. The largest absolute Gasteiger partial charge is 0.367 e. The van der Waals surface area contributed by atoms with Gasteiger partial charge in [0.2, 0.25) is 0 Å². The first-order valence-electron chi connectivity index (χ1n) is 9.85. The van der Waals surface area contributed by atoms with Gasteiger partial charge in [0, 0.05) is 41.5 Å². The summed E-state index contributed by atoms with van der Waals surface area (Å²) in [4.78, 5) is 8.77. The minimum absolute atomic E-state index is 0.249. The van der Waals surface area contributed by atoms with Gasteiger partial charge in [-0.05, 0) is 30.4 Å². The van der Waals surface area contributed by atoms with Crippen LogP contribution in [-0.4, -0.2) is 35.8 Å². The molecule has 0 saturated carbocycles. The molecule has 7 nitrogen and oxygen atoms in total. The van der Waals surface area contributed by atoms with E-state index in [1.165, 1.54) is 23.5 Å². The molecule has 0 amide bonds. The van der Waals surface area contributed by atoms with Crippen LogP contribution in [-0.2, 0) is 12.8 Å². The second-order valence-corrected chi connectivity index (χ2v) is 7.87. The lowest BCUT2D eigenvalue weighted by Crippen LogP contribution is -2.28. The lowest BCUT2D eigenvalue weighted by atomic mass is 9.94. The molecule has 8 heteroatoms. The highest BCUT2D eigenvalue weighted by Gasteiger charge is 2.22. The molecule has 4 heterocycles. The Balaban J connectivity index is 1.58. The van der Waals surface area contributed by atoms with Crippen molar-refractivity contribution < 1.29 is 4.39 Å². The van der Waals surface area contributed by atoms with Gasteiger partial charge >= 0.3 is 0 Å². The number of halogens is 1. The molecule has 0 bridgehead atoms. The third-order valence-corrected chi connectivity index (χ3v) is 5.49. The fraction of sp³-hybridized carbons (Fsp3) is 0.333. The Labute approximate surface area is 167 Å². The van der Waals surface area contributed by atoms with E-state index in [0.717, 1.165) is 36.3 Å². The third-order valence-electron chi connectivity index (χ3n) is 5.49. The van der Waals surface area contributed by atoms with Gasteiger partial charge in [-0.2, -0.15) is 14.7 Å². The molecule has 0 fully saturated rings. The van der Waals surface area contributed by atoms with Crippen LogP contribution in [0, 0.1) is 5.82 Å². The summed E-state index contributed by atoms with van der Waals surface area (Å²) >= 11 is 0. The molecule has 1 atom stereocenters. The lowest BCUT2D eigenvalue weighted by Gasteiger charge is -2.24. The van der Waals surface area contributed by atoms with E-state index in [-0.39, 0.29) is 17.8 Å². The van der Waals surface area contributed by atoms with Crippen molar-refractivity contribution in [2.75, 3.05) is 5.32 Å². The van der Waals surface area contributed by atoms with E-state index in [2.05, 4.69) is 39.4 Å². The smallest absolute Gasteiger partial charge is 0.161 e. The summed E-state index contributed by atoms with van der Waals surface area (Å²) in [6.45, 7) is 4.23. The molecule has 0 radical (unpaired) electrons. The first-order valence-corrected chi connectivity index (χ1v) is 9.85. The van der Waals surface area contributed by atoms with Crippen LogP contribution in [0.15, 0.2) is 36.9 Å². The number of aromatic nitrogens is 6. The summed E-state index contributed by atoms with van der Waals surface area (Å²) in [6, 6.07) is 3.63. The molecule has 1 aliphatic rings. The number of hydrogen-bond acceptors (Lipinski definition) is 5. The zero-order chi connectivity index (χ0) is 20.0. The molecule has 4 aromatic heterocycles. The number of aromatic amines is 1. The zero-order valence-corrected chi connectivity index (χ0v) is 16.4. The Kier molecular flexibility index (Phi) is 4.26. The summed E-state index contributed by atoms with van der Waals surface area (Å²) in [6.07, 6.45) is 9.46. The Morgan fingerprint density at radius 2 is 2.10 bits per heavy atom. The predicted molar refractivity (Wildman–Crippen MR) is 108 cm³/mol.